The summed E-state index contributed by atoms with van der Waals surface area (Å²) in [5.41, 5.74) is 1.04. The first-order chi connectivity index (χ1) is 11.9. The van der Waals surface area contributed by atoms with E-state index in [9.17, 15) is 14.7 Å². The third-order valence-corrected chi connectivity index (χ3v) is 5.46. The molecular weight excluding hydrogens is 316 g/mol. The Morgan fingerprint density at radius 2 is 2.04 bits per heavy atom. The van der Waals surface area contributed by atoms with Gasteiger partial charge >= 0.3 is 0 Å². The molecule has 3 rings (SSSR count). The number of rotatable bonds is 5. The quantitative estimate of drug-likeness (QED) is 0.858. The van der Waals surface area contributed by atoms with Crippen LogP contribution in [0, 0.1) is 5.92 Å². The fourth-order valence-electron chi connectivity index (χ4n) is 4.19. The average Bonchev–Trinajstić information content (AvgIpc) is 2.99. The Labute approximate surface area is 149 Å². The summed E-state index contributed by atoms with van der Waals surface area (Å²) in [4.78, 5) is 26.5. The van der Waals surface area contributed by atoms with E-state index < -0.39 is 11.6 Å². The first kappa shape index (κ1) is 17.9. The van der Waals surface area contributed by atoms with Gasteiger partial charge in [-0.25, -0.2) is 0 Å². The SMILES string of the molecule is CC(C)[C@@H](C(=O)NC[C@@]1(O)CCCc2ccccc21)N1CCCC1=O. The lowest BCUT2D eigenvalue weighted by molar-refractivity contribution is -0.139. The van der Waals surface area contributed by atoms with Crippen molar-refractivity contribution in [3.63, 3.8) is 0 Å². The summed E-state index contributed by atoms with van der Waals surface area (Å²) in [6, 6.07) is 7.44. The summed E-state index contributed by atoms with van der Waals surface area (Å²) in [5, 5.41) is 14.0. The number of amides is 2. The standard InChI is InChI=1S/C20H28N2O3/c1-14(2)18(22-12-6-10-17(22)23)19(24)21-13-20(25)11-5-8-15-7-3-4-9-16(15)20/h3-4,7,9,14,18,25H,5-6,8,10-13H2,1-2H3,(H,21,24)/t18-,20-/m0/s1. The maximum atomic E-state index is 12.8. The Hall–Kier alpha value is -1.88. The Balaban J connectivity index is 1.72. The molecule has 2 atom stereocenters. The molecular formula is C20H28N2O3. The molecule has 0 saturated carbocycles. The smallest absolute Gasteiger partial charge is 0.243 e. The number of carbonyl (C=O) groups is 2. The van der Waals surface area contributed by atoms with Crippen LogP contribution in [-0.2, 0) is 21.6 Å². The van der Waals surface area contributed by atoms with E-state index in [1.807, 2.05) is 38.1 Å². The van der Waals surface area contributed by atoms with Gasteiger partial charge in [-0.15, -0.1) is 0 Å². The molecule has 1 fully saturated rings. The molecule has 1 aromatic rings. The van der Waals surface area contributed by atoms with E-state index in [-0.39, 0.29) is 24.3 Å². The third kappa shape index (κ3) is 3.56. The van der Waals surface area contributed by atoms with E-state index in [0.717, 1.165) is 30.4 Å². The highest BCUT2D eigenvalue weighted by atomic mass is 16.3. The van der Waals surface area contributed by atoms with E-state index in [1.165, 1.54) is 0 Å². The number of hydrogen-bond donors (Lipinski definition) is 2. The number of hydrogen-bond acceptors (Lipinski definition) is 3. The topological polar surface area (TPSA) is 69.6 Å². The maximum Gasteiger partial charge on any atom is 0.243 e. The number of nitrogens with one attached hydrogen (secondary N) is 1. The molecule has 2 aliphatic rings. The molecule has 1 heterocycles. The van der Waals surface area contributed by atoms with Gasteiger partial charge in [0.15, 0.2) is 0 Å². The highest BCUT2D eigenvalue weighted by Gasteiger charge is 2.38. The van der Waals surface area contributed by atoms with Crippen LogP contribution in [0.3, 0.4) is 0 Å². The van der Waals surface area contributed by atoms with Crippen molar-refractivity contribution in [2.24, 2.45) is 5.92 Å². The number of benzene rings is 1. The van der Waals surface area contributed by atoms with Crippen LogP contribution < -0.4 is 5.32 Å². The summed E-state index contributed by atoms with van der Waals surface area (Å²) in [6.45, 7) is 4.75. The van der Waals surface area contributed by atoms with Crippen LogP contribution in [0.4, 0.5) is 0 Å². The Kier molecular flexibility index (Phi) is 5.13. The maximum absolute atomic E-state index is 12.8. The average molecular weight is 344 g/mol. The lowest BCUT2D eigenvalue weighted by Crippen LogP contribution is -2.53. The molecule has 1 saturated heterocycles. The van der Waals surface area contributed by atoms with Crippen molar-refractivity contribution in [1.82, 2.24) is 10.2 Å². The fraction of sp³-hybridized carbons (Fsp3) is 0.600. The molecule has 1 aliphatic heterocycles. The summed E-state index contributed by atoms with van der Waals surface area (Å²) in [5.74, 6) is -0.0763. The lowest BCUT2D eigenvalue weighted by atomic mass is 9.79. The second-order valence-electron chi connectivity index (χ2n) is 7.64. The molecule has 2 N–H and O–H groups in total. The van der Waals surface area contributed by atoms with Gasteiger partial charge in [0, 0.05) is 13.0 Å². The monoisotopic (exact) mass is 344 g/mol. The van der Waals surface area contributed by atoms with Crippen LogP contribution in [-0.4, -0.2) is 41.0 Å². The number of aryl methyl sites for hydroxylation is 1. The van der Waals surface area contributed by atoms with Crippen LogP contribution in [0.25, 0.3) is 0 Å². The molecule has 136 valence electrons. The Bertz CT molecular complexity index is 658. The van der Waals surface area contributed by atoms with Gasteiger partial charge in [-0.05, 0) is 42.7 Å². The number of aliphatic hydroxyl groups is 1. The molecule has 0 bridgehead atoms. The molecule has 0 spiro atoms. The van der Waals surface area contributed by atoms with E-state index in [1.54, 1.807) is 4.90 Å². The van der Waals surface area contributed by atoms with Crippen LogP contribution in [0.5, 0.6) is 0 Å². The normalized spacial score (nSPS) is 24.3. The van der Waals surface area contributed by atoms with Crippen molar-refractivity contribution < 1.29 is 14.7 Å². The minimum absolute atomic E-state index is 0.0373. The molecule has 5 nitrogen and oxygen atoms in total. The van der Waals surface area contributed by atoms with Crippen molar-refractivity contribution in [2.75, 3.05) is 13.1 Å². The van der Waals surface area contributed by atoms with Crippen molar-refractivity contribution in [3.05, 3.63) is 35.4 Å². The molecule has 1 aliphatic carbocycles. The predicted octanol–water partition coefficient (Wildman–Crippen LogP) is 1.97. The molecule has 25 heavy (non-hydrogen) atoms. The molecule has 2 amide bonds. The zero-order valence-electron chi connectivity index (χ0n) is 15.1. The molecule has 0 aromatic heterocycles. The number of nitrogens with zero attached hydrogens (tertiary/aromatic N) is 1. The number of fused-ring (bicyclic) bond motifs is 1. The van der Waals surface area contributed by atoms with Gasteiger partial charge in [0.25, 0.3) is 0 Å². The van der Waals surface area contributed by atoms with Gasteiger partial charge in [-0.3, -0.25) is 9.59 Å². The van der Waals surface area contributed by atoms with Crippen molar-refractivity contribution in [3.8, 4) is 0 Å². The summed E-state index contributed by atoms with van der Waals surface area (Å²) < 4.78 is 0. The fourth-order valence-corrected chi connectivity index (χ4v) is 4.19. The van der Waals surface area contributed by atoms with E-state index in [2.05, 4.69) is 5.32 Å². The second kappa shape index (κ2) is 7.16. The zero-order chi connectivity index (χ0) is 18.0. The Morgan fingerprint density at radius 1 is 1.28 bits per heavy atom. The van der Waals surface area contributed by atoms with Crippen LogP contribution in [0.1, 0.15) is 50.7 Å². The van der Waals surface area contributed by atoms with Gasteiger partial charge in [-0.1, -0.05) is 38.1 Å². The first-order valence-corrected chi connectivity index (χ1v) is 9.30. The van der Waals surface area contributed by atoms with Gasteiger partial charge in [0.05, 0.1) is 6.54 Å². The van der Waals surface area contributed by atoms with Crippen molar-refractivity contribution in [1.29, 1.82) is 0 Å². The predicted molar refractivity (Wildman–Crippen MR) is 95.9 cm³/mol. The second-order valence-corrected chi connectivity index (χ2v) is 7.64. The largest absolute Gasteiger partial charge is 0.383 e. The minimum Gasteiger partial charge on any atom is -0.383 e. The van der Waals surface area contributed by atoms with Gasteiger partial charge in [0.2, 0.25) is 11.8 Å². The van der Waals surface area contributed by atoms with E-state index in [0.29, 0.717) is 19.4 Å². The van der Waals surface area contributed by atoms with Crippen molar-refractivity contribution >= 4 is 11.8 Å². The zero-order valence-corrected chi connectivity index (χ0v) is 15.1. The first-order valence-electron chi connectivity index (χ1n) is 9.30. The highest BCUT2D eigenvalue weighted by Crippen LogP contribution is 2.34. The summed E-state index contributed by atoms with van der Waals surface area (Å²) in [7, 11) is 0. The number of carbonyl (C=O) groups excluding carboxylic acids is 2. The van der Waals surface area contributed by atoms with Gasteiger partial charge in [0.1, 0.15) is 11.6 Å². The molecule has 0 unspecified atom stereocenters. The lowest BCUT2D eigenvalue weighted by Gasteiger charge is -2.36. The number of likely N-dealkylation sites (tertiary alicyclic amines) is 1. The summed E-state index contributed by atoms with van der Waals surface area (Å²) >= 11 is 0. The van der Waals surface area contributed by atoms with Gasteiger partial charge in [-0.2, -0.15) is 0 Å². The van der Waals surface area contributed by atoms with Crippen LogP contribution in [0.2, 0.25) is 0 Å². The molecule has 5 heteroatoms. The van der Waals surface area contributed by atoms with E-state index in [4.69, 9.17) is 0 Å². The van der Waals surface area contributed by atoms with Crippen LogP contribution >= 0.6 is 0 Å². The third-order valence-electron chi connectivity index (χ3n) is 5.46. The van der Waals surface area contributed by atoms with Crippen LogP contribution in [0.15, 0.2) is 24.3 Å². The highest BCUT2D eigenvalue weighted by molar-refractivity contribution is 5.88. The van der Waals surface area contributed by atoms with Crippen molar-refractivity contribution in [2.45, 2.75) is 57.6 Å². The Morgan fingerprint density at radius 3 is 2.72 bits per heavy atom. The van der Waals surface area contributed by atoms with E-state index >= 15 is 0 Å². The molecule has 0 radical (unpaired) electrons. The minimum atomic E-state index is -1.03. The molecule has 1 aromatic carbocycles. The summed E-state index contributed by atoms with van der Waals surface area (Å²) in [6.07, 6.45) is 3.84. The van der Waals surface area contributed by atoms with Gasteiger partial charge < -0.3 is 15.3 Å².